The van der Waals surface area contributed by atoms with Crippen LogP contribution in [0.1, 0.15) is 30.4 Å². The Labute approximate surface area is 158 Å². The second-order valence-electron chi connectivity index (χ2n) is 5.82. The highest BCUT2D eigenvalue weighted by Gasteiger charge is 2.10. The molecule has 3 N–H and O–H groups in total. The van der Waals surface area contributed by atoms with Gasteiger partial charge in [-0.3, -0.25) is 9.78 Å². The standard InChI is InChI=1S/C20H21N5O2/c1-25(20(22)24-14-21)17-8-4-6-15(12-17)18(9-2-3-10-19(26)27)16-7-5-11-23-13-16/h4-9,11-13H,2-3,10H2,1H3,(H2,22,24)(H,26,27)/b18-9+. The van der Waals surface area contributed by atoms with Crippen LogP contribution >= 0.6 is 0 Å². The van der Waals surface area contributed by atoms with Gasteiger partial charge >= 0.3 is 5.97 Å². The highest BCUT2D eigenvalue weighted by atomic mass is 16.4. The number of allylic oxidation sites excluding steroid dienone is 1. The summed E-state index contributed by atoms with van der Waals surface area (Å²) in [5.74, 6) is -0.703. The number of nitriles is 1. The van der Waals surface area contributed by atoms with Gasteiger partial charge in [0.15, 0.2) is 0 Å². The molecule has 0 aliphatic heterocycles. The molecule has 0 aliphatic carbocycles. The zero-order chi connectivity index (χ0) is 19.6. The van der Waals surface area contributed by atoms with Crippen molar-refractivity contribution in [3.8, 4) is 6.19 Å². The van der Waals surface area contributed by atoms with Gasteiger partial charge in [-0.15, -0.1) is 4.99 Å². The van der Waals surface area contributed by atoms with E-state index < -0.39 is 5.97 Å². The van der Waals surface area contributed by atoms with Crippen molar-refractivity contribution in [3.63, 3.8) is 0 Å². The number of aliphatic imine (C=N–C) groups is 1. The van der Waals surface area contributed by atoms with Crippen LogP contribution in [0.15, 0.2) is 59.9 Å². The quantitative estimate of drug-likeness (QED) is 0.338. The lowest BCUT2D eigenvalue weighted by Gasteiger charge is -2.18. The molecule has 2 aromatic rings. The molecule has 27 heavy (non-hydrogen) atoms. The second kappa shape index (κ2) is 9.73. The van der Waals surface area contributed by atoms with E-state index in [9.17, 15) is 4.79 Å². The highest BCUT2D eigenvalue weighted by molar-refractivity contribution is 5.95. The first kappa shape index (κ1) is 19.7. The molecule has 0 spiro atoms. The minimum atomic E-state index is -0.804. The van der Waals surface area contributed by atoms with Crippen molar-refractivity contribution in [2.24, 2.45) is 10.7 Å². The lowest BCUT2D eigenvalue weighted by molar-refractivity contribution is -0.137. The van der Waals surface area contributed by atoms with E-state index in [0.717, 1.165) is 22.4 Å². The summed E-state index contributed by atoms with van der Waals surface area (Å²) < 4.78 is 0. The third-order valence-corrected chi connectivity index (χ3v) is 3.97. The topological polar surface area (TPSA) is 116 Å². The first-order valence-electron chi connectivity index (χ1n) is 8.41. The van der Waals surface area contributed by atoms with Crippen LogP contribution in [0, 0.1) is 11.5 Å². The number of carboxylic acids is 1. The number of guanidine groups is 1. The molecule has 1 heterocycles. The smallest absolute Gasteiger partial charge is 0.303 e. The van der Waals surface area contributed by atoms with E-state index in [1.165, 1.54) is 0 Å². The number of carbonyl (C=O) groups is 1. The van der Waals surface area contributed by atoms with E-state index in [1.54, 1.807) is 30.5 Å². The second-order valence-corrected chi connectivity index (χ2v) is 5.82. The molecule has 0 saturated carbocycles. The van der Waals surface area contributed by atoms with Crippen LogP contribution in [0.5, 0.6) is 0 Å². The summed E-state index contributed by atoms with van der Waals surface area (Å²) >= 11 is 0. The number of nitrogens with two attached hydrogens (primary N) is 1. The average Bonchev–Trinajstić information content (AvgIpc) is 2.68. The number of aliphatic carboxylic acids is 1. The Bertz CT molecular complexity index is 885. The minimum Gasteiger partial charge on any atom is -0.481 e. The molecule has 138 valence electrons. The highest BCUT2D eigenvalue weighted by Crippen LogP contribution is 2.27. The average molecular weight is 363 g/mol. The zero-order valence-electron chi connectivity index (χ0n) is 15.0. The van der Waals surface area contributed by atoms with E-state index in [4.69, 9.17) is 16.1 Å². The molecular formula is C20H21N5O2. The van der Waals surface area contributed by atoms with Gasteiger partial charge in [0.25, 0.3) is 0 Å². The molecule has 0 radical (unpaired) electrons. The molecule has 0 atom stereocenters. The number of pyridine rings is 1. The fourth-order valence-corrected chi connectivity index (χ4v) is 2.56. The number of rotatable bonds is 7. The van der Waals surface area contributed by atoms with E-state index in [-0.39, 0.29) is 12.4 Å². The number of hydrogen-bond donors (Lipinski definition) is 2. The van der Waals surface area contributed by atoms with Gasteiger partial charge in [-0.2, -0.15) is 5.26 Å². The summed E-state index contributed by atoms with van der Waals surface area (Å²) in [5.41, 5.74) is 9.41. The molecular weight excluding hydrogens is 342 g/mol. The van der Waals surface area contributed by atoms with Gasteiger partial charge < -0.3 is 15.7 Å². The SMILES string of the molecule is CN(C(N)=NC#N)c1cccc(/C(=C\CCCC(=O)O)c2cccnc2)c1. The molecule has 7 heteroatoms. The van der Waals surface area contributed by atoms with Crippen LogP contribution in [0.25, 0.3) is 5.57 Å². The van der Waals surface area contributed by atoms with Crippen molar-refractivity contribution in [1.29, 1.82) is 5.26 Å². The fraction of sp³-hybridized carbons (Fsp3) is 0.200. The van der Waals surface area contributed by atoms with E-state index in [1.807, 2.05) is 42.5 Å². The Hall–Kier alpha value is -3.66. The molecule has 0 amide bonds. The van der Waals surface area contributed by atoms with Crippen molar-refractivity contribution in [3.05, 3.63) is 66.0 Å². The number of nitrogens with zero attached hydrogens (tertiary/aromatic N) is 4. The van der Waals surface area contributed by atoms with Gasteiger partial charge in [0.05, 0.1) is 0 Å². The fourth-order valence-electron chi connectivity index (χ4n) is 2.56. The minimum absolute atomic E-state index is 0.100. The van der Waals surface area contributed by atoms with Gasteiger partial charge in [-0.1, -0.05) is 24.3 Å². The number of aromatic nitrogens is 1. The first-order valence-corrected chi connectivity index (χ1v) is 8.41. The zero-order valence-corrected chi connectivity index (χ0v) is 15.0. The lowest BCUT2D eigenvalue weighted by Crippen LogP contribution is -2.33. The van der Waals surface area contributed by atoms with Crippen LogP contribution in [0.4, 0.5) is 5.69 Å². The van der Waals surface area contributed by atoms with Gasteiger partial charge in [0, 0.05) is 37.1 Å². The third-order valence-electron chi connectivity index (χ3n) is 3.97. The summed E-state index contributed by atoms with van der Waals surface area (Å²) in [6.45, 7) is 0. The lowest BCUT2D eigenvalue weighted by atomic mass is 9.97. The first-order chi connectivity index (χ1) is 13.0. The third kappa shape index (κ3) is 5.68. The molecule has 0 saturated heterocycles. The van der Waals surface area contributed by atoms with Crippen molar-refractivity contribution in [1.82, 2.24) is 4.98 Å². The summed E-state index contributed by atoms with van der Waals surface area (Å²) in [6, 6.07) is 11.5. The maximum absolute atomic E-state index is 10.7. The predicted octanol–water partition coefficient (Wildman–Crippen LogP) is 3.00. The number of unbranched alkanes of at least 4 members (excludes halogenated alkanes) is 1. The van der Waals surface area contributed by atoms with Crippen LogP contribution in [-0.4, -0.2) is 29.1 Å². The molecule has 0 fully saturated rings. The largest absolute Gasteiger partial charge is 0.481 e. The number of hydrogen-bond acceptors (Lipinski definition) is 4. The summed E-state index contributed by atoms with van der Waals surface area (Å²) in [5, 5.41) is 17.5. The summed E-state index contributed by atoms with van der Waals surface area (Å²) in [4.78, 5) is 20.1. The maximum atomic E-state index is 10.7. The maximum Gasteiger partial charge on any atom is 0.303 e. The van der Waals surface area contributed by atoms with Gasteiger partial charge in [-0.05, 0) is 42.2 Å². The van der Waals surface area contributed by atoms with Crippen molar-refractivity contribution >= 4 is 23.2 Å². The molecule has 0 unspecified atom stereocenters. The van der Waals surface area contributed by atoms with Gasteiger partial charge in [-0.25, -0.2) is 0 Å². The van der Waals surface area contributed by atoms with E-state index >= 15 is 0 Å². The van der Waals surface area contributed by atoms with Crippen LogP contribution < -0.4 is 10.6 Å². The van der Waals surface area contributed by atoms with Crippen molar-refractivity contribution in [2.45, 2.75) is 19.3 Å². The van der Waals surface area contributed by atoms with Crippen LogP contribution in [0.3, 0.4) is 0 Å². The van der Waals surface area contributed by atoms with Gasteiger partial charge in [0.2, 0.25) is 12.2 Å². The molecule has 0 bridgehead atoms. The van der Waals surface area contributed by atoms with E-state index in [0.29, 0.717) is 12.8 Å². The summed E-state index contributed by atoms with van der Waals surface area (Å²) in [6.07, 6.45) is 8.49. The molecule has 1 aromatic carbocycles. The van der Waals surface area contributed by atoms with Gasteiger partial charge in [0.1, 0.15) is 0 Å². The Morgan fingerprint density at radius 2 is 2.15 bits per heavy atom. The molecule has 0 aliphatic rings. The van der Waals surface area contributed by atoms with Crippen LogP contribution in [0.2, 0.25) is 0 Å². The van der Waals surface area contributed by atoms with Crippen LogP contribution in [-0.2, 0) is 4.79 Å². The Morgan fingerprint density at radius 1 is 1.37 bits per heavy atom. The normalized spacial score (nSPS) is 11.7. The Morgan fingerprint density at radius 3 is 2.81 bits per heavy atom. The predicted molar refractivity (Wildman–Crippen MR) is 105 cm³/mol. The summed E-state index contributed by atoms with van der Waals surface area (Å²) in [7, 11) is 1.73. The number of benzene rings is 1. The van der Waals surface area contributed by atoms with Crippen molar-refractivity contribution < 1.29 is 9.90 Å². The van der Waals surface area contributed by atoms with Crippen molar-refractivity contribution in [2.75, 3.05) is 11.9 Å². The van der Waals surface area contributed by atoms with E-state index in [2.05, 4.69) is 9.98 Å². The Kier molecular flexibility index (Phi) is 7.08. The monoisotopic (exact) mass is 363 g/mol. The number of carboxylic acid groups (broad SMARTS) is 1. The molecule has 7 nitrogen and oxygen atoms in total. The molecule has 2 rings (SSSR count). The number of anilines is 1. The molecule has 1 aromatic heterocycles. The Balaban J connectivity index is 2.37.